The molecule has 0 fully saturated rings. The van der Waals surface area contributed by atoms with E-state index in [2.05, 4.69) is 34.5 Å². The van der Waals surface area contributed by atoms with Crippen LogP contribution in [0.3, 0.4) is 0 Å². The van der Waals surface area contributed by atoms with E-state index in [0.29, 0.717) is 5.15 Å². The zero-order valence-electron chi connectivity index (χ0n) is 14.8. The highest BCUT2D eigenvalue weighted by atomic mass is 35.5. The summed E-state index contributed by atoms with van der Waals surface area (Å²) < 4.78 is 6.01. The maximum absolute atomic E-state index is 6.31. The monoisotopic (exact) mass is 402 g/mol. The largest absolute Gasteiger partial charge is 0.455 e. The fourth-order valence-electron chi connectivity index (χ4n) is 3.18. The van der Waals surface area contributed by atoms with Gasteiger partial charge >= 0.3 is 0 Å². The second-order valence-corrected chi connectivity index (χ2v) is 7.96. The van der Waals surface area contributed by atoms with Gasteiger partial charge in [-0.1, -0.05) is 65.8 Å². The van der Waals surface area contributed by atoms with Crippen LogP contribution in [0.2, 0.25) is 5.15 Å². The van der Waals surface area contributed by atoms with Crippen molar-refractivity contribution in [2.75, 3.05) is 0 Å². The smallest absolute Gasteiger partial charge is 0.155 e. The van der Waals surface area contributed by atoms with Crippen molar-refractivity contribution in [3.05, 3.63) is 95.1 Å². The Bertz CT molecular complexity index is 1150. The third-order valence-electron chi connectivity index (χ3n) is 4.59. The number of benzene rings is 3. The average molecular weight is 403 g/mol. The van der Waals surface area contributed by atoms with Gasteiger partial charge in [-0.15, -0.1) is 10.2 Å². The zero-order valence-corrected chi connectivity index (χ0v) is 16.4. The third kappa shape index (κ3) is 3.37. The average Bonchev–Trinajstić information content (AvgIpc) is 2.74. The van der Waals surface area contributed by atoms with Crippen LogP contribution in [0.4, 0.5) is 0 Å². The van der Waals surface area contributed by atoms with Gasteiger partial charge in [-0.05, 0) is 47.5 Å². The molecule has 0 saturated heterocycles. The van der Waals surface area contributed by atoms with E-state index in [4.69, 9.17) is 16.3 Å². The Morgan fingerprint density at radius 1 is 0.786 bits per heavy atom. The molecule has 1 aromatic heterocycles. The molecule has 0 atom stereocenters. The normalized spacial score (nSPS) is 12.0. The molecule has 0 radical (unpaired) electrons. The van der Waals surface area contributed by atoms with Crippen molar-refractivity contribution in [2.24, 2.45) is 0 Å². The van der Waals surface area contributed by atoms with E-state index < -0.39 is 0 Å². The van der Waals surface area contributed by atoms with Crippen molar-refractivity contribution >= 4 is 23.4 Å². The molecule has 1 aliphatic heterocycles. The molecule has 0 spiro atoms. The van der Waals surface area contributed by atoms with Crippen LogP contribution in [-0.2, 0) is 6.42 Å². The maximum Gasteiger partial charge on any atom is 0.155 e. The van der Waals surface area contributed by atoms with Crippen molar-refractivity contribution < 1.29 is 4.74 Å². The Balaban J connectivity index is 1.48. The van der Waals surface area contributed by atoms with Crippen molar-refractivity contribution in [3.8, 4) is 22.8 Å². The van der Waals surface area contributed by atoms with Crippen LogP contribution in [-0.4, -0.2) is 10.2 Å². The number of halogens is 1. The first-order valence-electron chi connectivity index (χ1n) is 8.91. The Labute approximate surface area is 172 Å². The van der Waals surface area contributed by atoms with E-state index in [0.717, 1.165) is 44.5 Å². The molecule has 2 heterocycles. The van der Waals surface area contributed by atoms with Crippen LogP contribution in [0.25, 0.3) is 11.3 Å². The topological polar surface area (TPSA) is 35.0 Å². The fourth-order valence-corrected chi connectivity index (χ4v) is 4.33. The van der Waals surface area contributed by atoms with Crippen LogP contribution in [0.1, 0.15) is 11.1 Å². The second-order valence-electron chi connectivity index (χ2n) is 6.52. The number of aromatic nitrogens is 2. The van der Waals surface area contributed by atoms with Crippen LogP contribution < -0.4 is 4.74 Å². The summed E-state index contributed by atoms with van der Waals surface area (Å²) in [5, 5.41) is 8.93. The van der Waals surface area contributed by atoms with Crippen LogP contribution in [0, 0.1) is 0 Å². The van der Waals surface area contributed by atoms with Gasteiger partial charge in [-0.25, -0.2) is 0 Å². The van der Waals surface area contributed by atoms with Crippen molar-refractivity contribution in [1.29, 1.82) is 0 Å². The van der Waals surface area contributed by atoms with Gasteiger partial charge in [0.05, 0.1) is 15.5 Å². The highest BCUT2D eigenvalue weighted by molar-refractivity contribution is 7.99. The first kappa shape index (κ1) is 17.3. The Morgan fingerprint density at radius 2 is 1.57 bits per heavy atom. The summed E-state index contributed by atoms with van der Waals surface area (Å²) >= 11 is 8.01. The quantitative estimate of drug-likeness (QED) is 0.338. The SMILES string of the molecule is Clc1nnc(-c2ccc3c(c2)Sc2ccccc2O3)cc1Cc1ccccc1. The minimum Gasteiger partial charge on any atom is -0.455 e. The molecular weight excluding hydrogens is 388 g/mol. The highest BCUT2D eigenvalue weighted by Gasteiger charge is 2.18. The molecule has 0 bridgehead atoms. The van der Waals surface area contributed by atoms with Gasteiger partial charge in [-0.3, -0.25) is 0 Å². The molecule has 0 amide bonds. The van der Waals surface area contributed by atoms with Crippen molar-refractivity contribution in [2.45, 2.75) is 16.2 Å². The van der Waals surface area contributed by atoms with Crippen LogP contribution >= 0.6 is 23.4 Å². The minimum absolute atomic E-state index is 0.442. The van der Waals surface area contributed by atoms with Crippen LogP contribution in [0.5, 0.6) is 11.5 Å². The van der Waals surface area contributed by atoms with E-state index >= 15 is 0 Å². The standard InChI is InChI=1S/C23H15ClN2OS/c24-23-17(12-15-6-2-1-3-7-15)13-18(25-26-23)16-10-11-20-22(14-16)28-21-9-5-4-8-19(21)27-20/h1-11,13-14H,12H2. The van der Waals surface area contributed by atoms with E-state index in [9.17, 15) is 0 Å². The second kappa shape index (κ2) is 7.30. The van der Waals surface area contributed by atoms with Crippen molar-refractivity contribution in [1.82, 2.24) is 10.2 Å². The van der Waals surface area contributed by atoms with Gasteiger partial charge in [0.2, 0.25) is 0 Å². The molecule has 0 N–H and O–H groups in total. The number of rotatable bonds is 3. The van der Waals surface area contributed by atoms with Crippen LogP contribution in [0.15, 0.2) is 88.7 Å². The summed E-state index contributed by atoms with van der Waals surface area (Å²) in [5.41, 5.74) is 3.95. The Hall–Kier alpha value is -2.82. The first-order valence-corrected chi connectivity index (χ1v) is 10.1. The Morgan fingerprint density at radius 3 is 2.46 bits per heavy atom. The molecule has 3 nitrogen and oxygen atoms in total. The number of nitrogens with zero attached hydrogens (tertiary/aromatic N) is 2. The maximum atomic E-state index is 6.31. The molecule has 3 aromatic carbocycles. The zero-order chi connectivity index (χ0) is 18.9. The fraction of sp³-hybridized carbons (Fsp3) is 0.0435. The van der Waals surface area contributed by atoms with E-state index in [1.165, 1.54) is 5.56 Å². The molecule has 0 saturated carbocycles. The lowest BCUT2D eigenvalue weighted by Crippen LogP contribution is -1.98. The summed E-state index contributed by atoms with van der Waals surface area (Å²) in [7, 11) is 0. The highest BCUT2D eigenvalue weighted by Crippen LogP contribution is 2.47. The summed E-state index contributed by atoms with van der Waals surface area (Å²) in [6, 6.07) is 26.4. The third-order valence-corrected chi connectivity index (χ3v) is 6.00. The van der Waals surface area contributed by atoms with Gasteiger partial charge in [0.15, 0.2) is 5.15 Å². The molecule has 1 aliphatic rings. The van der Waals surface area contributed by atoms with Gasteiger partial charge in [0.25, 0.3) is 0 Å². The lowest BCUT2D eigenvalue weighted by Gasteiger charge is -2.19. The molecular formula is C23H15ClN2OS. The molecule has 0 aliphatic carbocycles. The van der Waals surface area contributed by atoms with E-state index in [1.54, 1.807) is 11.8 Å². The minimum atomic E-state index is 0.442. The summed E-state index contributed by atoms with van der Waals surface area (Å²) in [4.78, 5) is 2.18. The van der Waals surface area contributed by atoms with E-state index in [1.807, 2.05) is 54.6 Å². The molecule has 28 heavy (non-hydrogen) atoms. The Kier molecular flexibility index (Phi) is 4.51. The van der Waals surface area contributed by atoms with Gasteiger partial charge in [0, 0.05) is 12.0 Å². The predicted molar refractivity (Wildman–Crippen MR) is 112 cm³/mol. The number of hydrogen-bond donors (Lipinski definition) is 0. The van der Waals surface area contributed by atoms with Gasteiger partial charge < -0.3 is 4.74 Å². The molecule has 0 unspecified atom stereocenters. The first-order chi connectivity index (χ1) is 13.8. The van der Waals surface area contributed by atoms with Crippen molar-refractivity contribution in [3.63, 3.8) is 0 Å². The summed E-state index contributed by atoms with van der Waals surface area (Å²) in [6.45, 7) is 0. The van der Waals surface area contributed by atoms with Gasteiger partial charge in [0.1, 0.15) is 11.5 Å². The lowest BCUT2D eigenvalue weighted by atomic mass is 10.0. The molecule has 4 aromatic rings. The number of para-hydroxylation sites is 1. The number of ether oxygens (including phenoxy) is 1. The van der Waals surface area contributed by atoms with Gasteiger partial charge in [-0.2, -0.15) is 0 Å². The molecule has 136 valence electrons. The number of fused-ring (bicyclic) bond motifs is 2. The summed E-state index contributed by atoms with van der Waals surface area (Å²) in [6.07, 6.45) is 0.721. The van der Waals surface area contributed by atoms with E-state index in [-0.39, 0.29) is 0 Å². The molecule has 5 rings (SSSR count). The summed E-state index contributed by atoms with van der Waals surface area (Å²) in [5.74, 6) is 1.75. The predicted octanol–water partition coefficient (Wildman–Crippen LogP) is 6.64. The lowest BCUT2D eigenvalue weighted by molar-refractivity contribution is 0.454. The molecule has 5 heteroatoms. The number of hydrogen-bond acceptors (Lipinski definition) is 4.